The van der Waals surface area contributed by atoms with E-state index in [1.54, 1.807) is 6.07 Å². The van der Waals surface area contributed by atoms with E-state index in [0.29, 0.717) is 24.5 Å². The third-order valence-electron chi connectivity index (χ3n) is 4.71. The van der Waals surface area contributed by atoms with E-state index >= 15 is 0 Å². The molecule has 1 aliphatic carbocycles. The van der Waals surface area contributed by atoms with E-state index in [-0.39, 0.29) is 24.6 Å². The van der Waals surface area contributed by atoms with Crippen molar-refractivity contribution in [3.63, 3.8) is 0 Å². The van der Waals surface area contributed by atoms with Crippen LogP contribution in [0.25, 0.3) is 11.1 Å². The largest absolute Gasteiger partial charge is 0.486 e. The summed E-state index contributed by atoms with van der Waals surface area (Å²) in [5, 5.41) is 2.39. The van der Waals surface area contributed by atoms with E-state index in [0.717, 1.165) is 29.7 Å². The lowest BCUT2D eigenvalue weighted by Crippen LogP contribution is -2.34. The van der Waals surface area contributed by atoms with Crippen LogP contribution >= 0.6 is 12.2 Å². The number of isothiocyanates is 1. The zero-order chi connectivity index (χ0) is 17.9. The number of halogens is 1. The number of thiocarbonyl (C=S) groups is 1. The van der Waals surface area contributed by atoms with Gasteiger partial charge in [-0.15, -0.1) is 0 Å². The van der Waals surface area contributed by atoms with Crippen molar-refractivity contribution in [2.45, 2.75) is 31.6 Å². The fraction of sp³-hybridized carbons (Fsp3) is 0.350. The highest BCUT2D eigenvalue weighted by Crippen LogP contribution is 2.35. The molecule has 4 nitrogen and oxygen atoms in total. The lowest BCUT2D eigenvalue weighted by molar-refractivity contribution is -0.0192. The quantitative estimate of drug-likeness (QED) is 0.576. The molecule has 6 heteroatoms. The smallest absolute Gasteiger partial charge is 0.161 e. The molecule has 2 aromatic carbocycles. The van der Waals surface area contributed by atoms with E-state index in [4.69, 9.17) is 14.2 Å². The van der Waals surface area contributed by atoms with Crippen molar-refractivity contribution < 1.29 is 18.6 Å². The molecule has 1 aliphatic heterocycles. The molecule has 4 rings (SSSR count). The van der Waals surface area contributed by atoms with E-state index < -0.39 is 0 Å². The molecule has 0 aromatic heterocycles. The molecule has 134 valence electrons. The average molecular weight is 371 g/mol. The second-order valence-corrected chi connectivity index (χ2v) is 6.63. The van der Waals surface area contributed by atoms with Gasteiger partial charge in [0.25, 0.3) is 0 Å². The maximum Gasteiger partial charge on any atom is 0.161 e. The molecule has 2 aromatic rings. The number of ether oxygens (including phenoxy) is 3. The van der Waals surface area contributed by atoms with Crippen LogP contribution in [0.2, 0.25) is 0 Å². The Labute approximate surface area is 156 Å². The van der Waals surface area contributed by atoms with E-state index in [1.165, 1.54) is 6.07 Å². The van der Waals surface area contributed by atoms with Gasteiger partial charge in [-0.05, 0) is 54.4 Å². The topological polar surface area (TPSA) is 40.0 Å². The summed E-state index contributed by atoms with van der Waals surface area (Å²) in [6.07, 6.45) is 1.75. The van der Waals surface area contributed by atoms with Crippen molar-refractivity contribution in [3.8, 4) is 22.6 Å². The Bertz CT molecular complexity index is 860. The number of hydrogen-bond acceptors (Lipinski definition) is 5. The van der Waals surface area contributed by atoms with Crippen molar-refractivity contribution in [1.82, 2.24) is 0 Å². The molecule has 1 heterocycles. The van der Waals surface area contributed by atoms with Gasteiger partial charge in [0, 0.05) is 5.56 Å². The van der Waals surface area contributed by atoms with E-state index in [2.05, 4.69) is 22.4 Å². The standard InChI is InChI=1S/C20H18FNO3S/c21-18-7-13(14-3-4-19-20(8-14)24-6-5-23-19)1-2-15(18)11-25-17-9-16(10-17)22-12-26/h1-4,7-8,16-17H,5-6,9-11H2/t16-,17+. The van der Waals surface area contributed by atoms with Gasteiger partial charge >= 0.3 is 0 Å². The Morgan fingerprint density at radius 3 is 2.58 bits per heavy atom. The summed E-state index contributed by atoms with van der Waals surface area (Å²) in [5.41, 5.74) is 2.23. The second-order valence-electron chi connectivity index (χ2n) is 6.44. The molecule has 0 spiro atoms. The summed E-state index contributed by atoms with van der Waals surface area (Å²) < 4.78 is 31.3. The zero-order valence-corrected chi connectivity index (χ0v) is 14.9. The summed E-state index contributed by atoms with van der Waals surface area (Å²) in [6.45, 7) is 1.33. The van der Waals surface area contributed by atoms with Crippen LogP contribution in [-0.4, -0.2) is 30.5 Å². The maximum atomic E-state index is 14.5. The molecule has 0 amide bonds. The fourth-order valence-corrected chi connectivity index (χ4v) is 3.28. The Morgan fingerprint density at radius 2 is 1.81 bits per heavy atom. The molecule has 26 heavy (non-hydrogen) atoms. The highest BCUT2D eigenvalue weighted by atomic mass is 32.1. The molecule has 0 atom stereocenters. The number of benzene rings is 2. The van der Waals surface area contributed by atoms with Crippen LogP contribution in [0.5, 0.6) is 11.5 Å². The molecular formula is C20H18FNO3S. The van der Waals surface area contributed by atoms with Gasteiger partial charge < -0.3 is 14.2 Å². The second kappa shape index (κ2) is 7.54. The van der Waals surface area contributed by atoms with Crippen molar-refractivity contribution in [1.29, 1.82) is 0 Å². The fourth-order valence-electron chi connectivity index (χ4n) is 3.13. The number of nitrogens with zero attached hydrogens (tertiary/aromatic N) is 1. The summed E-state index contributed by atoms with van der Waals surface area (Å²) in [7, 11) is 0. The van der Waals surface area contributed by atoms with Crippen molar-refractivity contribution in [2.75, 3.05) is 13.2 Å². The van der Waals surface area contributed by atoms with Gasteiger partial charge in [-0.2, -0.15) is 0 Å². The van der Waals surface area contributed by atoms with Crippen LogP contribution in [-0.2, 0) is 11.3 Å². The summed E-state index contributed by atoms with van der Waals surface area (Å²) in [4.78, 5) is 4.02. The highest BCUT2D eigenvalue weighted by molar-refractivity contribution is 7.78. The molecule has 0 bridgehead atoms. The maximum absolute atomic E-state index is 14.5. The Morgan fingerprint density at radius 1 is 1.08 bits per heavy atom. The van der Waals surface area contributed by atoms with Gasteiger partial charge in [0.05, 0.1) is 23.9 Å². The molecule has 0 N–H and O–H groups in total. The van der Waals surface area contributed by atoms with Gasteiger partial charge in [-0.3, -0.25) is 0 Å². The first-order valence-corrected chi connectivity index (χ1v) is 9.01. The van der Waals surface area contributed by atoms with Crippen LogP contribution in [0.1, 0.15) is 18.4 Å². The third kappa shape index (κ3) is 3.63. The number of hydrogen-bond donors (Lipinski definition) is 0. The van der Waals surface area contributed by atoms with Crippen LogP contribution in [0.3, 0.4) is 0 Å². The minimum absolute atomic E-state index is 0.115. The van der Waals surface area contributed by atoms with Gasteiger partial charge in [0.1, 0.15) is 19.0 Å². The first-order chi connectivity index (χ1) is 12.7. The Kier molecular flexibility index (Phi) is 4.98. The minimum atomic E-state index is -0.273. The number of aliphatic imine (C=N–C) groups is 1. The van der Waals surface area contributed by atoms with Crippen molar-refractivity contribution in [2.24, 2.45) is 4.99 Å². The zero-order valence-electron chi connectivity index (χ0n) is 14.1. The Hall–Kier alpha value is -2.27. The van der Waals surface area contributed by atoms with Gasteiger partial charge in [-0.1, -0.05) is 18.2 Å². The van der Waals surface area contributed by atoms with Crippen LogP contribution < -0.4 is 9.47 Å². The Balaban J connectivity index is 1.42. The minimum Gasteiger partial charge on any atom is -0.486 e. The number of fused-ring (bicyclic) bond motifs is 1. The van der Waals surface area contributed by atoms with E-state index in [1.807, 2.05) is 24.3 Å². The first-order valence-electron chi connectivity index (χ1n) is 8.60. The lowest BCUT2D eigenvalue weighted by Gasteiger charge is -2.31. The predicted octanol–water partition coefficient (Wildman–Crippen LogP) is 4.41. The molecule has 0 radical (unpaired) electrons. The molecule has 1 saturated carbocycles. The van der Waals surface area contributed by atoms with Crippen molar-refractivity contribution in [3.05, 3.63) is 47.8 Å². The highest BCUT2D eigenvalue weighted by Gasteiger charge is 2.29. The number of rotatable bonds is 5. The normalized spacial score (nSPS) is 20.8. The van der Waals surface area contributed by atoms with Gasteiger partial charge in [0.15, 0.2) is 11.5 Å². The van der Waals surface area contributed by atoms with Crippen molar-refractivity contribution >= 4 is 17.4 Å². The summed E-state index contributed by atoms with van der Waals surface area (Å²) in [5.74, 6) is 1.15. The van der Waals surface area contributed by atoms with Crippen LogP contribution in [0.4, 0.5) is 4.39 Å². The van der Waals surface area contributed by atoms with Gasteiger partial charge in [-0.25, -0.2) is 9.38 Å². The average Bonchev–Trinajstić information content (AvgIpc) is 2.64. The third-order valence-corrected chi connectivity index (χ3v) is 4.81. The first kappa shape index (κ1) is 17.2. The summed E-state index contributed by atoms with van der Waals surface area (Å²) >= 11 is 4.59. The summed E-state index contributed by atoms with van der Waals surface area (Å²) in [6, 6.07) is 11.0. The predicted molar refractivity (Wildman–Crippen MR) is 99.5 cm³/mol. The van der Waals surface area contributed by atoms with Crippen LogP contribution in [0, 0.1) is 5.82 Å². The molecule has 1 fully saturated rings. The molecule has 2 aliphatic rings. The van der Waals surface area contributed by atoms with Crippen LogP contribution in [0.15, 0.2) is 41.4 Å². The SMILES string of the molecule is Fc1cc(-c2ccc3c(c2)OCCO3)ccc1CO[C@H]1C[C@@H](N=C=S)C1. The molecular weight excluding hydrogens is 353 g/mol. The lowest BCUT2D eigenvalue weighted by atomic mass is 9.90. The van der Waals surface area contributed by atoms with Gasteiger partial charge in [0.2, 0.25) is 0 Å². The monoisotopic (exact) mass is 371 g/mol. The molecule has 0 saturated heterocycles. The molecule has 0 unspecified atom stereocenters. The van der Waals surface area contributed by atoms with E-state index in [9.17, 15) is 4.39 Å².